The molecule has 6 atom stereocenters. The number of aromatic nitrogens is 1. The number of alkyl halides is 2. The third-order valence-electron chi connectivity index (χ3n) is 8.39. The van der Waals surface area contributed by atoms with Gasteiger partial charge in [0.15, 0.2) is 0 Å². The Balaban J connectivity index is 1.38. The van der Waals surface area contributed by atoms with E-state index in [2.05, 4.69) is 20.9 Å². The summed E-state index contributed by atoms with van der Waals surface area (Å²) in [5.41, 5.74) is 1.58. The number of nitrogens with one attached hydrogen (secondary N) is 3. The number of hydrogen-bond acceptors (Lipinski definition) is 6. The van der Waals surface area contributed by atoms with Crippen LogP contribution in [0.5, 0.6) is 0 Å². The molecule has 5 fully saturated rings. The SMILES string of the molecule is Cc1cncc(N[C@H](CC2CC2)C(=O)N2[C@@H]3CC[C@H]([C@H]2C(=O)N[C@H](C#N)C[C@@H]2CCNC2=O)C(F)(F)C3)c1. The van der Waals surface area contributed by atoms with Crippen molar-refractivity contribution in [3.63, 3.8) is 0 Å². The van der Waals surface area contributed by atoms with Gasteiger partial charge in [0.2, 0.25) is 17.7 Å². The van der Waals surface area contributed by atoms with Crippen LogP contribution < -0.4 is 16.0 Å². The Morgan fingerprint density at radius 3 is 2.66 bits per heavy atom. The number of fused-ring (bicyclic) bond motifs is 3. The summed E-state index contributed by atoms with van der Waals surface area (Å²) in [6.07, 6.45) is 6.59. The van der Waals surface area contributed by atoms with Crippen LogP contribution in [0.4, 0.5) is 14.5 Å². The molecule has 6 rings (SSSR count). The normalized spacial score (nSPS) is 29.2. The Labute approximate surface area is 220 Å². The first-order valence-electron chi connectivity index (χ1n) is 13.5. The Bertz CT molecular complexity index is 1140. The fraction of sp³-hybridized carbons (Fsp3) is 0.667. The number of rotatable bonds is 9. The molecule has 11 heteroatoms. The Hall–Kier alpha value is -3.29. The van der Waals surface area contributed by atoms with Crippen molar-refractivity contribution in [3.8, 4) is 6.07 Å². The van der Waals surface area contributed by atoms with Crippen LogP contribution in [-0.2, 0) is 14.4 Å². The lowest BCUT2D eigenvalue weighted by Crippen LogP contribution is -2.70. The molecule has 2 saturated carbocycles. The van der Waals surface area contributed by atoms with Gasteiger partial charge in [0.25, 0.3) is 5.92 Å². The van der Waals surface area contributed by atoms with Gasteiger partial charge in [0, 0.05) is 37.3 Å². The molecule has 4 heterocycles. The van der Waals surface area contributed by atoms with Crippen molar-refractivity contribution in [1.29, 1.82) is 5.26 Å². The smallest absolute Gasteiger partial charge is 0.255 e. The molecular weight excluding hydrogens is 494 g/mol. The van der Waals surface area contributed by atoms with E-state index in [1.807, 2.05) is 19.1 Å². The van der Waals surface area contributed by atoms with E-state index in [1.165, 1.54) is 4.90 Å². The molecule has 0 spiro atoms. The van der Waals surface area contributed by atoms with E-state index in [9.17, 15) is 19.6 Å². The van der Waals surface area contributed by atoms with Gasteiger partial charge in [0.1, 0.15) is 18.1 Å². The lowest BCUT2D eigenvalue weighted by Gasteiger charge is -2.54. The van der Waals surface area contributed by atoms with Gasteiger partial charge >= 0.3 is 0 Å². The highest BCUT2D eigenvalue weighted by atomic mass is 19.3. The Morgan fingerprint density at radius 2 is 2.03 bits per heavy atom. The van der Waals surface area contributed by atoms with Crippen molar-refractivity contribution in [2.24, 2.45) is 17.8 Å². The average Bonchev–Trinajstić information content (AvgIpc) is 3.61. The molecule has 1 aromatic rings. The zero-order valence-corrected chi connectivity index (χ0v) is 21.5. The van der Waals surface area contributed by atoms with Crippen LogP contribution in [-0.4, -0.2) is 64.2 Å². The molecule has 2 bridgehead atoms. The van der Waals surface area contributed by atoms with Crippen LogP contribution in [0.3, 0.4) is 0 Å². The number of hydrogen-bond donors (Lipinski definition) is 3. The second-order valence-electron chi connectivity index (χ2n) is 11.3. The number of aryl methyl sites for hydroxylation is 1. The number of halogens is 2. The third-order valence-corrected chi connectivity index (χ3v) is 8.39. The summed E-state index contributed by atoms with van der Waals surface area (Å²) in [6, 6.07) is 0.0408. The molecule has 3 N–H and O–H groups in total. The minimum Gasteiger partial charge on any atom is -0.372 e. The second kappa shape index (κ2) is 10.5. The molecule has 1 aromatic heterocycles. The summed E-state index contributed by atoms with van der Waals surface area (Å²) in [6.45, 7) is 2.39. The van der Waals surface area contributed by atoms with Crippen LogP contribution in [0.25, 0.3) is 0 Å². The standard InChI is InChI=1S/C27H34F2N6O3/c1-15-8-19(14-31-13-15)33-22(9-16-2-3-16)26(38)35-20-4-5-21(27(28,29)11-20)23(35)25(37)34-18(12-30)10-17-6-7-32-24(17)36/h8,13-14,16-18,20-23,33H,2-7,9-11H2,1H3,(H,32,36)(H,34,37)/t17-,18-,20+,21+,22+,23-/m0/s1. The number of anilines is 1. The maximum Gasteiger partial charge on any atom is 0.255 e. The number of nitriles is 1. The summed E-state index contributed by atoms with van der Waals surface area (Å²) in [7, 11) is 0. The molecule has 38 heavy (non-hydrogen) atoms. The van der Waals surface area contributed by atoms with Crippen molar-refractivity contribution >= 4 is 23.4 Å². The predicted octanol–water partition coefficient (Wildman–Crippen LogP) is 2.52. The number of piperidine rings is 2. The van der Waals surface area contributed by atoms with Gasteiger partial charge < -0.3 is 20.9 Å². The highest BCUT2D eigenvalue weighted by molar-refractivity contribution is 5.92. The van der Waals surface area contributed by atoms with Gasteiger partial charge in [-0.25, -0.2) is 8.78 Å². The quantitative estimate of drug-likeness (QED) is 0.452. The van der Waals surface area contributed by atoms with Crippen molar-refractivity contribution < 1.29 is 23.2 Å². The molecule has 0 aromatic carbocycles. The van der Waals surface area contributed by atoms with Gasteiger partial charge in [0.05, 0.1) is 17.7 Å². The number of carbonyl (C=O) groups is 3. The first-order valence-corrected chi connectivity index (χ1v) is 13.5. The maximum atomic E-state index is 15.1. The maximum absolute atomic E-state index is 15.1. The Kier molecular flexibility index (Phi) is 7.25. The molecule has 0 radical (unpaired) electrons. The van der Waals surface area contributed by atoms with Crippen molar-refractivity contribution in [3.05, 3.63) is 24.0 Å². The van der Waals surface area contributed by atoms with Crippen LogP contribution in [0.1, 0.15) is 56.9 Å². The van der Waals surface area contributed by atoms with Crippen molar-refractivity contribution in [2.75, 3.05) is 11.9 Å². The minimum absolute atomic E-state index is 0.103. The van der Waals surface area contributed by atoms with E-state index in [0.717, 1.165) is 18.4 Å². The third kappa shape index (κ3) is 5.45. The first-order chi connectivity index (χ1) is 18.2. The predicted molar refractivity (Wildman–Crippen MR) is 134 cm³/mol. The first kappa shape index (κ1) is 26.3. The van der Waals surface area contributed by atoms with Crippen molar-refractivity contribution in [1.82, 2.24) is 20.5 Å². The number of amides is 3. The van der Waals surface area contributed by atoms with Gasteiger partial charge in [-0.2, -0.15) is 5.26 Å². The largest absolute Gasteiger partial charge is 0.372 e. The van der Waals surface area contributed by atoms with E-state index < -0.39 is 54.3 Å². The summed E-state index contributed by atoms with van der Waals surface area (Å²) >= 11 is 0. The zero-order valence-electron chi connectivity index (χ0n) is 21.5. The summed E-state index contributed by atoms with van der Waals surface area (Å²) in [5, 5.41) is 18.2. The fourth-order valence-electron chi connectivity index (χ4n) is 6.30. The van der Waals surface area contributed by atoms with E-state index >= 15 is 8.78 Å². The molecule has 3 aliphatic heterocycles. The van der Waals surface area contributed by atoms with E-state index in [0.29, 0.717) is 37.4 Å². The molecule has 5 aliphatic rings. The highest BCUT2D eigenvalue weighted by Gasteiger charge is 2.61. The number of carbonyl (C=O) groups excluding carboxylic acids is 3. The monoisotopic (exact) mass is 528 g/mol. The summed E-state index contributed by atoms with van der Waals surface area (Å²) in [5.74, 6) is -5.77. The topological polar surface area (TPSA) is 127 Å². The molecular formula is C27H34F2N6O3. The van der Waals surface area contributed by atoms with Crippen molar-refractivity contribution in [2.45, 2.75) is 88.4 Å². The van der Waals surface area contributed by atoms with Gasteiger partial charge in [-0.3, -0.25) is 19.4 Å². The molecule has 9 nitrogen and oxygen atoms in total. The van der Waals surface area contributed by atoms with Crippen LogP contribution in [0.2, 0.25) is 0 Å². The van der Waals surface area contributed by atoms with Gasteiger partial charge in [-0.05, 0) is 56.6 Å². The summed E-state index contributed by atoms with van der Waals surface area (Å²) in [4.78, 5) is 45.1. The second-order valence-corrected chi connectivity index (χ2v) is 11.3. The van der Waals surface area contributed by atoms with Crippen LogP contribution >= 0.6 is 0 Å². The number of pyridine rings is 1. The average molecular weight is 529 g/mol. The number of nitrogens with zero attached hydrogens (tertiary/aromatic N) is 3. The summed E-state index contributed by atoms with van der Waals surface area (Å²) < 4.78 is 30.2. The molecule has 0 unspecified atom stereocenters. The molecule has 3 amide bonds. The highest BCUT2D eigenvalue weighted by Crippen LogP contribution is 2.49. The van der Waals surface area contributed by atoms with Crippen LogP contribution in [0.15, 0.2) is 18.5 Å². The molecule has 2 aliphatic carbocycles. The zero-order chi connectivity index (χ0) is 27.0. The Morgan fingerprint density at radius 1 is 1.24 bits per heavy atom. The fourth-order valence-corrected chi connectivity index (χ4v) is 6.30. The molecule has 204 valence electrons. The lowest BCUT2D eigenvalue weighted by atomic mass is 9.71. The lowest BCUT2D eigenvalue weighted by molar-refractivity contribution is -0.194. The molecule has 3 saturated heterocycles. The van der Waals surface area contributed by atoms with Gasteiger partial charge in [-0.1, -0.05) is 12.8 Å². The van der Waals surface area contributed by atoms with Crippen LogP contribution in [0, 0.1) is 36.0 Å². The van der Waals surface area contributed by atoms with E-state index in [1.54, 1.807) is 12.4 Å². The minimum atomic E-state index is -3.09. The van der Waals surface area contributed by atoms with Gasteiger partial charge in [-0.15, -0.1) is 0 Å². The van der Waals surface area contributed by atoms with E-state index in [-0.39, 0.29) is 24.7 Å². The van der Waals surface area contributed by atoms with E-state index in [4.69, 9.17) is 0 Å².